The first-order chi connectivity index (χ1) is 9.17. The van der Waals surface area contributed by atoms with Crippen LogP contribution in [0.4, 0.5) is 5.82 Å². The van der Waals surface area contributed by atoms with Crippen molar-refractivity contribution in [1.82, 2.24) is 14.9 Å². The van der Waals surface area contributed by atoms with Crippen LogP contribution in [0, 0.1) is 12.8 Å². The zero-order chi connectivity index (χ0) is 13.7. The van der Waals surface area contributed by atoms with Crippen LogP contribution >= 0.6 is 0 Å². The third-order valence-electron chi connectivity index (χ3n) is 3.71. The summed E-state index contributed by atoms with van der Waals surface area (Å²) in [4.78, 5) is 11.5. The minimum absolute atomic E-state index is 0.844. The van der Waals surface area contributed by atoms with Crippen LogP contribution in [0.25, 0.3) is 0 Å². The van der Waals surface area contributed by atoms with E-state index in [-0.39, 0.29) is 0 Å². The van der Waals surface area contributed by atoms with E-state index < -0.39 is 0 Å². The van der Waals surface area contributed by atoms with Crippen molar-refractivity contribution in [2.75, 3.05) is 25.5 Å². The number of hydrogen-bond donors (Lipinski definition) is 1. The molecular weight excluding hydrogens is 236 g/mol. The van der Waals surface area contributed by atoms with E-state index in [0.29, 0.717) is 0 Å². The Morgan fingerprint density at radius 1 is 1.32 bits per heavy atom. The highest BCUT2D eigenvalue weighted by atomic mass is 15.1. The van der Waals surface area contributed by atoms with Crippen LogP contribution in [0.5, 0.6) is 0 Å². The van der Waals surface area contributed by atoms with Gasteiger partial charge in [0.05, 0.1) is 6.54 Å². The first kappa shape index (κ1) is 14.3. The Morgan fingerprint density at radius 2 is 2.05 bits per heavy atom. The largest absolute Gasteiger partial charge is 0.370 e. The van der Waals surface area contributed by atoms with Crippen molar-refractivity contribution in [3.05, 3.63) is 17.6 Å². The molecule has 0 spiro atoms. The molecule has 1 aliphatic carbocycles. The van der Waals surface area contributed by atoms with Crippen molar-refractivity contribution >= 4 is 5.82 Å². The maximum absolute atomic E-state index is 4.57. The highest BCUT2D eigenvalue weighted by Gasteiger charge is 2.17. The van der Waals surface area contributed by atoms with Crippen LogP contribution in [-0.4, -0.2) is 35.0 Å². The van der Waals surface area contributed by atoms with Gasteiger partial charge in [0.1, 0.15) is 11.6 Å². The van der Waals surface area contributed by atoms with Crippen molar-refractivity contribution in [2.45, 2.75) is 46.1 Å². The summed E-state index contributed by atoms with van der Waals surface area (Å²) in [7, 11) is 2.18. The van der Waals surface area contributed by atoms with Gasteiger partial charge in [-0.05, 0) is 39.7 Å². The van der Waals surface area contributed by atoms with Gasteiger partial charge in [0.25, 0.3) is 0 Å². The Labute approximate surface area is 116 Å². The molecule has 0 saturated heterocycles. The lowest BCUT2D eigenvalue weighted by Crippen LogP contribution is -2.25. The van der Waals surface area contributed by atoms with E-state index in [1.807, 2.05) is 13.0 Å². The average molecular weight is 262 g/mol. The molecule has 0 amide bonds. The van der Waals surface area contributed by atoms with Gasteiger partial charge in [-0.15, -0.1) is 0 Å². The summed E-state index contributed by atoms with van der Waals surface area (Å²) in [6, 6.07) is 2.00. The van der Waals surface area contributed by atoms with Crippen molar-refractivity contribution in [3.63, 3.8) is 0 Å². The molecule has 2 rings (SSSR count). The molecule has 0 atom stereocenters. The van der Waals surface area contributed by atoms with Gasteiger partial charge in [-0.1, -0.05) is 12.8 Å². The van der Waals surface area contributed by atoms with Gasteiger partial charge in [-0.2, -0.15) is 0 Å². The molecule has 19 heavy (non-hydrogen) atoms. The fourth-order valence-corrected chi connectivity index (χ4v) is 2.91. The van der Waals surface area contributed by atoms with Crippen molar-refractivity contribution < 1.29 is 0 Å². The van der Waals surface area contributed by atoms with Crippen LogP contribution in [-0.2, 0) is 6.54 Å². The van der Waals surface area contributed by atoms with E-state index >= 15 is 0 Å². The molecule has 1 aliphatic rings. The maximum Gasteiger partial charge on any atom is 0.144 e. The highest BCUT2D eigenvalue weighted by molar-refractivity contribution is 5.35. The maximum atomic E-state index is 4.57. The molecule has 4 heteroatoms. The zero-order valence-corrected chi connectivity index (χ0v) is 12.4. The third-order valence-corrected chi connectivity index (χ3v) is 3.71. The zero-order valence-electron chi connectivity index (χ0n) is 12.4. The summed E-state index contributed by atoms with van der Waals surface area (Å²) < 4.78 is 0. The average Bonchev–Trinajstić information content (AvgIpc) is 2.81. The van der Waals surface area contributed by atoms with Gasteiger partial charge in [0.2, 0.25) is 0 Å². The Bertz CT molecular complexity index is 399. The molecule has 1 saturated carbocycles. The molecule has 1 heterocycles. The van der Waals surface area contributed by atoms with E-state index in [0.717, 1.165) is 36.3 Å². The van der Waals surface area contributed by atoms with E-state index in [1.165, 1.54) is 32.2 Å². The van der Waals surface area contributed by atoms with Crippen molar-refractivity contribution in [3.8, 4) is 0 Å². The van der Waals surface area contributed by atoms with E-state index in [9.17, 15) is 0 Å². The summed E-state index contributed by atoms with van der Waals surface area (Å²) in [5.41, 5.74) is 1.04. The number of nitrogens with zero attached hydrogens (tertiary/aromatic N) is 3. The molecule has 1 aromatic heterocycles. The first-order valence-electron chi connectivity index (χ1n) is 7.44. The summed E-state index contributed by atoms with van der Waals surface area (Å²) >= 11 is 0. The number of aryl methyl sites for hydroxylation is 1. The van der Waals surface area contributed by atoms with Crippen LogP contribution in [0.1, 0.15) is 44.1 Å². The van der Waals surface area contributed by atoms with Gasteiger partial charge in [0, 0.05) is 24.8 Å². The monoisotopic (exact) mass is 262 g/mol. The lowest BCUT2D eigenvalue weighted by atomic mass is 10.1. The Kier molecular flexibility index (Phi) is 5.14. The highest BCUT2D eigenvalue weighted by Crippen LogP contribution is 2.25. The number of nitrogens with one attached hydrogen (secondary N) is 1. The van der Waals surface area contributed by atoms with E-state index in [1.54, 1.807) is 0 Å². The van der Waals surface area contributed by atoms with Crippen LogP contribution in [0.3, 0.4) is 0 Å². The summed E-state index contributed by atoms with van der Waals surface area (Å²) in [6.45, 7) is 7.03. The SMILES string of the molecule is CCNc1cc(C)nc(CN(C)CC2CCCC2)n1. The minimum Gasteiger partial charge on any atom is -0.370 e. The second kappa shape index (κ2) is 6.85. The standard InChI is InChI=1S/C15H26N4/c1-4-16-14-9-12(2)17-15(18-14)11-19(3)10-13-7-5-6-8-13/h9,13H,4-8,10-11H2,1-3H3,(H,16,17,18). The number of hydrogen-bond acceptors (Lipinski definition) is 4. The second-order valence-corrected chi connectivity index (χ2v) is 5.69. The van der Waals surface area contributed by atoms with Gasteiger partial charge in [0.15, 0.2) is 0 Å². The van der Waals surface area contributed by atoms with Gasteiger partial charge in [-0.25, -0.2) is 9.97 Å². The Hall–Kier alpha value is -1.16. The number of aromatic nitrogens is 2. The lowest BCUT2D eigenvalue weighted by Gasteiger charge is -2.20. The minimum atomic E-state index is 0.844. The summed E-state index contributed by atoms with van der Waals surface area (Å²) in [5.74, 6) is 2.75. The normalized spacial score (nSPS) is 16.2. The Balaban J connectivity index is 1.93. The molecular formula is C15H26N4. The molecule has 0 aliphatic heterocycles. The molecule has 0 radical (unpaired) electrons. The molecule has 1 fully saturated rings. The van der Waals surface area contributed by atoms with Gasteiger partial charge < -0.3 is 5.32 Å². The fourth-order valence-electron chi connectivity index (χ4n) is 2.91. The summed E-state index contributed by atoms with van der Waals surface area (Å²) in [5, 5.41) is 3.27. The molecule has 106 valence electrons. The van der Waals surface area contributed by atoms with E-state index in [2.05, 4.69) is 34.2 Å². The predicted molar refractivity (Wildman–Crippen MR) is 79.2 cm³/mol. The second-order valence-electron chi connectivity index (χ2n) is 5.69. The Morgan fingerprint density at radius 3 is 2.74 bits per heavy atom. The van der Waals surface area contributed by atoms with Crippen LogP contribution in [0.15, 0.2) is 6.07 Å². The summed E-state index contributed by atoms with van der Waals surface area (Å²) in [6.07, 6.45) is 5.59. The molecule has 1 N–H and O–H groups in total. The van der Waals surface area contributed by atoms with Gasteiger partial charge >= 0.3 is 0 Å². The molecule has 0 aromatic carbocycles. The smallest absolute Gasteiger partial charge is 0.144 e. The van der Waals surface area contributed by atoms with Crippen molar-refractivity contribution in [2.24, 2.45) is 5.92 Å². The van der Waals surface area contributed by atoms with Crippen molar-refractivity contribution in [1.29, 1.82) is 0 Å². The van der Waals surface area contributed by atoms with Gasteiger partial charge in [-0.3, -0.25) is 4.90 Å². The lowest BCUT2D eigenvalue weighted by molar-refractivity contribution is 0.265. The predicted octanol–water partition coefficient (Wildman–Crippen LogP) is 2.84. The third kappa shape index (κ3) is 4.46. The number of rotatable bonds is 6. The quantitative estimate of drug-likeness (QED) is 0.856. The van der Waals surface area contributed by atoms with E-state index in [4.69, 9.17) is 0 Å². The topological polar surface area (TPSA) is 41.1 Å². The molecule has 0 unspecified atom stereocenters. The molecule has 1 aromatic rings. The van der Waals surface area contributed by atoms with Crippen LogP contribution < -0.4 is 5.32 Å². The molecule has 0 bridgehead atoms. The fraction of sp³-hybridized carbons (Fsp3) is 0.733. The van der Waals surface area contributed by atoms with Crippen LogP contribution in [0.2, 0.25) is 0 Å². The molecule has 4 nitrogen and oxygen atoms in total. The number of anilines is 1. The first-order valence-corrected chi connectivity index (χ1v) is 7.44.